The molecular formula is C35H28N4O9P2. The third-order valence-corrected chi connectivity index (χ3v) is 8.47. The summed E-state index contributed by atoms with van der Waals surface area (Å²) in [5.74, 6) is 1.54. The highest BCUT2D eigenvalue weighted by molar-refractivity contribution is 7.43. The highest BCUT2D eigenvalue weighted by Gasteiger charge is 2.29. The monoisotopic (exact) mass is 710 g/mol. The normalized spacial score (nSPS) is 10.6. The Kier molecular flexibility index (Phi) is 11.4. The number of nitrogens with zero attached hydrogens (tertiary/aromatic N) is 4. The second-order valence-corrected chi connectivity index (χ2v) is 11.7. The summed E-state index contributed by atoms with van der Waals surface area (Å²) in [6.07, 6.45) is 6.27. The molecule has 0 saturated carbocycles. The predicted molar refractivity (Wildman–Crippen MR) is 184 cm³/mol. The topological polar surface area (TPSA) is 142 Å². The zero-order valence-electron chi connectivity index (χ0n) is 26.6. The van der Waals surface area contributed by atoms with E-state index in [2.05, 4.69) is 19.9 Å². The average Bonchev–Trinajstić information content (AvgIpc) is 3.16. The number of methoxy groups -OCH3 is 2. The number of carbonyl (C=O) groups excluding carboxylic acids is 1. The van der Waals surface area contributed by atoms with Crippen LogP contribution in [0.1, 0.15) is 15.9 Å². The van der Waals surface area contributed by atoms with Crippen molar-refractivity contribution in [1.82, 2.24) is 19.9 Å². The molecule has 0 aliphatic carbocycles. The van der Waals surface area contributed by atoms with E-state index in [0.29, 0.717) is 11.5 Å². The number of pyridine rings is 4. The lowest BCUT2D eigenvalue weighted by molar-refractivity contribution is 0.103. The summed E-state index contributed by atoms with van der Waals surface area (Å²) in [6.45, 7) is 0. The first-order valence-electron chi connectivity index (χ1n) is 14.8. The number of hydrogen-bond donors (Lipinski definition) is 0. The van der Waals surface area contributed by atoms with Gasteiger partial charge in [0.25, 0.3) is 0 Å². The summed E-state index contributed by atoms with van der Waals surface area (Å²) in [6, 6.07) is 30.1. The first-order chi connectivity index (χ1) is 24.6. The lowest BCUT2D eigenvalue weighted by Gasteiger charge is -2.20. The Balaban J connectivity index is 1.35. The van der Waals surface area contributed by atoms with Gasteiger partial charge < -0.3 is 36.6 Å². The van der Waals surface area contributed by atoms with Gasteiger partial charge in [0.05, 0.1) is 25.3 Å². The van der Waals surface area contributed by atoms with Gasteiger partial charge in [-0.2, -0.15) is 0 Å². The van der Waals surface area contributed by atoms with Crippen molar-refractivity contribution in [2.24, 2.45) is 0 Å². The van der Waals surface area contributed by atoms with Gasteiger partial charge in [0.15, 0.2) is 0 Å². The summed E-state index contributed by atoms with van der Waals surface area (Å²) >= 11 is 0. The SMILES string of the molecule is COc1ccc(C(=O)c2ccc(OC)cc2OP(Oc2ccccn2)Oc2ccccn2)c(OP(Oc2ccccn2)Oc2ccccn2)c1. The lowest BCUT2D eigenvalue weighted by atomic mass is 10.0. The third kappa shape index (κ3) is 9.10. The maximum atomic E-state index is 14.4. The second-order valence-electron chi connectivity index (χ2n) is 9.72. The van der Waals surface area contributed by atoms with Crippen LogP contribution in [0.15, 0.2) is 134 Å². The molecule has 2 aromatic carbocycles. The standard InChI is InChI=1S/C35H28N4O9P2/c1-41-25-15-17-27(29(23-25)43-49(45-31-11-3-7-19-36-31)46-32-12-4-8-20-37-32)35(40)28-18-16-26(42-2)24-30(28)44-50(47-33-13-5-9-21-38-33)48-34-14-6-10-22-39-34/h3-24H,1-2H3. The van der Waals surface area contributed by atoms with Crippen molar-refractivity contribution < 1.29 is 41.4 Å². The van der Waals surface area contributed by atoms with E-state index in [1.165, 1.54) is 14.2 Å². The number of rotatable bonds is 16. The number of hydrogen-bond acceptors (Lipinski definition) is 13. The van der Waals surface area contributed by atoms with Crippen molar-refractivity contribution in [1.29, 1.82) is 0 Å². The average molecular weight is 711 g/mol. The minimum absolute atomic E-state index is 0.103. The molecule has 0 saturated heterocycles. The third-order valence-electron chi connectivity index (χ3n) is 6.44. The van der Waals surface area contributed by atoms with Crippen molar-refractivity contribution in [3.8, 4) is 46.5 Å². The largest absolute Gasteiger partial charge is 0.532 e. The van der Waals surface area contributed by atoms with Crippen molar-refractivity contribution in [2.45, 2.75) is 0 Å². The van der Waals surface area contributed by atoms with E-state index in [0.717, 1.165) is 0 Å². The van der Waals surface area contributed by atoms with Gasteiger partial charge in [0.2, 0.25) is 29.3 Å². The highest BCUT2D eigenvalue weighted by atomic mass is 31.2. The molecule has 0 atom stereocenters. The molecule has 0 aliphatic rings. The molecule has 50 heavy (non-hydrogen) atoms. The van der Waals surface area contributed by atoms with Gasteiger partial charge in [-0.15, -0.1) is 0 Å². The van der Waals surface area contributed by atoms with Gasteiger partial charge >= 0.3 is 17.2 Å². The van der Waals surface area contributed by atoms with Gasteiger partial charge in [-0.05, 0) is 48.5 Å². The van der Waals surface area contributed by atoms with Gasteiger partial charge in [-0.25, -0.2) is 19.9 Å². The number of benzene rings is 2. The Morgan fingerprint density at radius 1 is 0.460 bits per heavy atom. The Morgan fingerprint density at radius 3 is 1.08 bits per heavy atom. The summed E-state index contributed by atoms with van der Waals surface area (Å²) in [7, 11) is -1.48. The molecule has 4 aromatic heterocycles. The summed E-state index contributed by atoms with van der Waals surface area (Å²) in [5, 5.41) is 0. The summed E-state index contributed by atoms with van der Waals surface area (Å²) in [4.78, 5) is 31.3. The molecule has 252 valence electrons. The Bertz CT molecular complexity index is 1760. The van der Waals surface area contributed by atoms with Crippen LogP contribution in [-0.2, 0) is 0 Å². The zero-order valence-corrected chi connectivity index (χ0v) is 28.3. The van der Waals surface area contributed by atoms with Crippen molar-refractivity contribution in [3.63, 3.8) is 0 Å². The number of ether oxygens (including phenoxy) is 2. The molecule has 0 unspecified atom stereocenters. The van der Waals surface area contributed by atoms with E-state index in [-0.39, 0.29) is 46.1 Å². The molecule has 4 heterocycles. The molecular weight excluding hydrogens is 682 g/mol. The predicted octanol–water partition coefficient (Wildman–Crippen LogP) is 8.04. The molecule has 0 bridgehead atoms. The maximum Gasteiger partial charge on any atom is 0.532 e. The van der Waals surface area contributed by atoms with Crippen LogP contribution in [0.4, 0.5) is 0 Å². The van der Waals surface area contributed by atoms with Crippen molar-refractivity contribution >= 4 is 23.0 Å². The van der Waals surface area contributed by atoms with Gasteiger partial charge in [0.1, 0.15) is 23.0 Å². The smallest absolute Gasteiger partial charge is 0.497 e. The van der Waals surface area contributed by atoms with Crippen LogP contribution in [0.3, 0.4) is 0 Å². The van der Waals surface area contributed by atoms with Crippen LogP contribution < -0.4 is 36.6 Å². The van der Waals surface area contributed by atoms with E-state index in [1.807, 2.05) is 0 Å². The summed E-state index contributed by atoms with van der Waals surface area (Å²) in [5.41, 5.74) is 0.284. The molecule has 0 N–H and O–H groups in total. The molecule has 6 aromatic rings. The molecule has 0 aliphatic heterocycles. The van der Waals surface area contributed by atoms with E-state index in [4.69, 9.17) is 36.6 Å². The van der Waals surface area contributed by atoms with Crippen LogP contribution in [0, 0.1) is 0 Å². The molecule has 0 fully saturated rings. The van der Waals surface area contributed by atoms with Crippen LogP contribution in [0.25, 0.3) is 0 Å². The number of aromatic nitrogens is 4. The fourth-order valence-corrected chi connectivity index (χ4v) is 6.00. The minimum Gasteiger partial charge on any atom is -0.497 e. The van der Waals surface area contributed by atoms with E-state index in [1.54, 1.807) is 134 Å². The highest BCUT2D eigenvalue weighted by Crippen LogP contribution is 2.46. The Hall–Kier alpha value is -6.03. The Labute approximate surface area is 289 Å². The first kappa shape index (κ1) is 33.9. The fourth-order valence-electron chi connectivity index (χ4n) is 4.11. The number of carbonyl (C=O) groups is 1. The van der Waals surface area contributed by atoms with Crippen molar-refractivity contribution in [2.75, 3.05) is 14.2 Å². The first-order valence-corrected chi connectivity index (χ1v) is 17.0. The zero-order chi connectivity index (χ0) is 34.5. The molecule has 13 nitrogen and oxygen atoms in total. The van der Waals surface area contributed by atoms with E-state index in [9.17, 15) is 4.79 Å². The van der Waals surface area contributed by atoms with Crippen molar-refractivity contribution in [3.05, 3.63) is 145 Å². The van der Waals surface area contributed by atoms with E-state index < -0.39 is 23.0 Å². The molecule has 15 heteroatoms. The van der Waals surface area contributed by atoms with Gasteiger partial charge in [-0.3, -0.25) is 4.79 Å². The van der Waals surface area contributed by atoms with Crippen LogP contribution >= 0.6 is 17.2 Å². The van der Waals surface area contributed by atoms with Gasteiger partial charge in [-0.1, -0.05) is 24.3 Å². The second kappa shape index (κ2) is 16.9. The van der Waals surface area contributed by atoms with Crippen LogP contribution in [-0.4, -0.2) is 39.9 Å². The Morgan fingerprint density at radius 2 is 0.800 bits per heavy atom. The maximum absolute atomic E-state index is 14.4. The molecule has 6 rings (SSSR count). The fraction of sp³-hybridized carbons (Fsp3) is 0.0571. The lowest BCUT2D eigenvalue weighted by Crippen LogP contribution is -2.10. The van der Waals surface area contributed by atoms with Gasteiger partial charge in [0, 0.05) is 61.2 Å². The molecule has 0 radical (unpaired) electrons. The molecule has 0 amide bonds. The quantitative estimate of drug-likeness (QED) is 0.0707. The van der Waals surface area contributed by atoms with Crippen LogP contribution in [0.2, 0.25) is 0 Å². The van der Waals surface area contributed by atoms with E-state index >= 15 is 0 Å². The van der Waals surface area contributed by atoms with Crippen LogP contribution in [0.5, 0.6) is 46.5 Å². The minimum atomic E-state index is -2.24. The summed E-state index contributed by atoms with van der Waals surface area (Å²) < 4.78 is 47.4. The molecule has 0 spiro atoms. The number of ketones is 1.